The zero-order valence-corrected chi connectivity index (χ0v) is 52.6. The zero-order valence-electron chi connectivity index (χ0n) is 51.8. The van der Waals surface area contributed by atoms with Gasteiger partial charge in [-0.3, -0.25) is 71.7 Å². The topological polar surface area (TPSA) is 551 Å². The molecule has 0 spiro atoms. The average Bonchev–Trinajstić information content (AvgIpc) is 1.79. The number of aliphatic hydroxyl groups is 1. The molecule has 1 aliphatic heterocycles. The summed E-state index contributed by atoms with van der Waals surface area (Å²) in [6.07, 6.45) is -4.67. The first kappa shape index (κ1) is 74.7. The van der Waals surface area contributed by atoms with E-state index in [4.69, 9.17) is 11.5 Å². The largest absolute Gasteiger partial charge is 0.481 e. The number of H-pyrrole nitrogens is 1. The highest BCUT2D eigenvalue weighted by Gasteiger charge is 2.37. The SMILES string of the molecule is C[C@@H](O)[C@H](NC(=O)[C@H](Cc1ccc(OS(=O)(=O)O)cc1)NC(=O)[C@H](CC(=O)O)NC(=O)[C@H](CCC(N)=O)NC(=O)[C@@H]1CCC(=O)N1)C(=O)NCC(=O)N[C@@H](Cc1c[nH]c2ccccc12)C(=O)N[C@@H](Cc1ccccc1)C(=O)N[C@@H](CC(=O)O)C(=O)N[C@@H](Cc1ccccc1)C(N)=O. The lowest BCUT2D eigenvalue weighted by Gasteiger charge is -2.27. The van der Waals surface area contributed by atoms with Gasteiger partial charge in [-0.2, -0.15) is 8.42 Å². The first-order valence-corrected chi connectivity index (χ1v) is 31.3. The standard InChI is InChI=1S/C62H73N13O21S/c1-32(76)53(75-61(91)44(26-35-16-18-37(19-17-35)96-97(93,94)95)72-60(90)47(29-52(82)83)73-56(86)41(20-22-48(63)77)69-55(85)40-21-23-49(78)67-40)62(92)66-31-50(79)68-45(27-36-30-65-39-15-9-8-14-38(36)39)58(88)71-43(25-34-12-6-3-7-13-34)57(87)74-46(28-51(80)81)59(89)70-42(54(64)84)24-33-10-4-2-5-11-33/h2-19,30,32,40-47,53,65,76H,20-29,31H2,1H3,(H2,63,77)(H2,64,84)(H,66,92)(H,67,78)(H,68,79)(H,69,85)(H,70,89)(H,71,88)(H,72,90)(H,73,86)(H,74,87)(H,75,91)(H,80,81)(H,82,83)(H,93,94,95)/t32-,40+,41+,42+,43+,44+,45+,46+,47+,53+/m1/s1. The first-order valence-electron chi connectivity index (χ1n) is 30.0. The lowest BCUT2D eigenvalue weighted by atomic mass is 10.0. The molecule has 19 N–H and O–H groups in total. The van der Waals surface area contributed by atoms with E-state index in [-0.39, 0.29) is 37.7 Å². The lowest BCUT2D eigenvalue weighted by molar-refractivity contribution is -0.142. The molecule has 0 radical (unpaired) electrons. The van der Waals surface area contributed by atoms with Gasteiger partial charge in [-0.25, -0.2) is 0 Å². The van der Waals surface area contributed by atoms with Gasteiger partial charge >= 0.3 is 22.3 Å². The molecule has 518 valence electrons. The molecule has 2 heterocycles. The fourth-order valence-electron chi connectivity index (χ4n) is 10.1. The molecule has 0 saturated carbocycles. The highest BCUT2D eigenvalue weighted by molar-refractivity contribution is 7.81. The maximum Gasteiger partial charge on any atom is 0.446 e. The number of amides is 12. The quantitative estimate of drug-likeness (QED) is 0.0168. The smallest absolute Gasteiger partial charge is 0.446 e. The number of nitrogens with one attached hydrogen (secondary N) is 11. The van der Waals surface area contributed by atoms with E-state index in [1.807, 2.05) is 0 Å². The Morgan fingerprint density at radius 2 is 1.03 bits per heavy atom. The molecular formula is C62H73N13O21S. The molecule has 0 bridgehead atoms. The summed E-state index contributed by atoms with van der Waals surface area (Å²) >= 11 is 0. The number of aromatic amines is 1. The maximum atomic E-state index is 14.7. The summed E-state index contributed by atoms with van der Waals surface area (Å²) in [5, 5.41) is 54.8. The van der Waals surface area contributed by atoms with Crippen LogP contribution in [0.4, 0.5) is 0 Å². The van der Waals surface area contributed by atoms with E-state index in [1.54, 1.807) is 91.1 Å². The van der Waals surface area contributed by atoms with Crippen LogP contribution in [-0.4, -0.2) is 183 Å². The van der Waals surface area contributed by atoms with Gasteiger partial charge < -0.3 is 89.1 Å². The Bertz CT molecular complexity index is 3840. The van der Waals surface area contributed by atoms with Crippen molar-refractivity contribution in [2.75, 3.05) is 6.54 Å². The highest BCUT2D eigenvalue weighted by Crippen LogP contribution is 2.21. The van der Waals surface area contributed by atoms with Gasteiger partial charge in [0, 0.05) is 55.6 Å². The molecule has 97 heavy (non-hydrogen) atoms. The molecule has 1 fully saturated rings. The van der Waals surface area contributed by atoms with E-state index in [0.29, 0.717) is 27.6 Å². The van der Waals surface area contributed by atoms with Gasteiger partial charge in [0.15, 0.2) is 0 Å². The molecule has 0 aliphatic carbocycles. The fourth-order valence-corrected chi connectivity index (χ4v) is 10.4. The number of aliphatic hydroxyl groups excluding tert-OH is 1. The van der Waals surface area contributed by atoms with Crippen molar-refractivity contribution >= 4 is 104 Å². The van der Waals surface area contributed by atoms with Gasteiger partial charge in [0.1, 0.15) is 60.1 Å². The number of primary amides is 2. The second kappa shape index (κ2) is 35.3. The van der Waals surface area contributed by atoms with Gasteiger partial charge in [-0.15, -0.1) is 0 Å². The minimum Gasteiger partial charge on any atom is -0.481 e. The Morgan fingerprint density at radius 3 is 1.53 bits per heavy atom. The van der Waals surface area contributed by atoms with Gasteiger partial charge in [0.25, 0.3) is 0 Å². The van der Waals surface area contributed by atoms with E-state index < -0.39 is 198 Å². The number of aliphatic carboxylic acids is 2. The Hall–Kier alpha value is -11.3. The lowest BCUT2D eigenvalue weighted by Crippen LogP contribution is -2.61. The van der Waals surface area contributed by atoms with E-state index in [0.717, 1.165) is 19.1 Å². The number of aromatic nitrogens is 1. The second-order valence-electron chi connectivity index (χ2n) is 22.5. The molecule has 0 unspecified atom stereocenters. The van der Waals surface area contributed by atoms with Crippen LogP contribution in [0, 0.1) is 0 Å². The van der Waals surface area contributed by atoms with Crippen LogP contribution in [0.25, 0.3) is 10.9 Å². The van der Waals surface area contributed by atoms with Crippen molar-refractivity contribution in [1.29, 1.82) is 0 Å². The Kier molecular flexibility index (Phi) is 27.2. The minimum atomic E-state index is -5.02. The molecule has 1 aromatic heterocycles. The number of hydrogen-bond donors (Lipinski definition) is 17. The summed E-state index contributed by atoms with van der Waals surface area (Å²) in [4.78, 5) is 190. The number of carbonyl (C=O) groups is 14. The van der Waals surface area contributed by atoms with Crippen molar-refractivity contribution in [2.45, 2.75) is 132 Å². The molecule has 1 saturated heterocycles. The molecule has 34 nitrogen and oxygen atoms in total. The van der Waals surface area contributed by atoms with Crippen molar-refractivity contribution < 1.29 is 99.6 Å². The normalized spacial score (nSPS) is 15.5. The summed E-state index contributed by atoms with van der Waals surface area (Å²) < 4.78 is 36.4. The van der Waals surface area contributed by atoms with Gasteiger partial charge in [-0.05, 0) is 60.2 Å². The Balaban J connectivity index is 1.22. The van der Waals surface area contributed by atoms with Crippen molar-refractivity contribution in [1.82, 2.24) is 58.2 Å². The van der Waals surface area contributed by atoms with E-state index in [9.17, 15) is 95.4 Å². The highest BCUT2D eigenvalue weighted by atomic mass is 32.3. The number of hydrogen-bond acceptors (Lipinski definition) is 18. The number of fused-ring (bicyclic) bond motifs is 1. The van der Waals surface area contributed by atoms with Crippen molar-refractivity contribution in [2.24, 2.45) is 11.5 Å². The number of carboxylic acid groups (broad SMARTS) is 2. The molecule has 10 atom stereocenters. The Morgan fingerprint density at radius 1 is 0.567 bits per heavy atom. The maximum absolute atomic E-state index is 14.7. The van der Waals surface area contributed by atoms with Crippen LogP contribution >= 0.6 is 0 Å². The van der Waals surface area contributed by atoms with Crippen molar-refractivity contribution in [3.63, 3.8) is 0 Å². The van der Waals surface area contributed by atoms with E-state index >= 15 is 0 Å². The monoisotopic (exact) mass is 1370 g/mol. The summed E-state index contributed by atoms with van der Waals surface area (Å²) in [5.41, 5.74) is 13.1. The molecular weight excluding hydrogens is 1290 g/mol. The first-order chi connectivity index (χ1) is 45.9. The number of benzene rings is 4. The fraction of sp³-hybridized carbons (Fsp3) is 0.355. The van der Waals surface area contributed by atoms with Crippen LogP contribution in [0.2, 0.25) is 0 Å². The van der Waals surface area contributed by atoms with Crippen LogP contribution in [-0.2, 0) is 103 Å². The van der Waals surface area contributed by atoms with Crippen LogP contribution < -0.4 is 68.8 Å². The van der Waals surface area contributed by atoms with Crippen LogP contribution in [0.15, 0.2) is 115 Å². The second-order valence-corrected chi connectivity index (χ2v) is 23.5. The minimum absolute atomic E-state index is 0.0250. The van der Waals surface area contributed by atoms with Crippen LogP contribution in [0.5, 0.6) is 5.75 Å². The van der Waals surface area contributed by atoms with Crippen LogP contribution in [0.1, 0.15) is 67.7 Å². The third-order valence-electron chi connectivity index (χ3n) is 14.9. The number of carbonyl (C=O) groups excluding carboxylic acids is 12. The molecule has 12 amide bonds. The molecule has 35 heteroatoms. The summed E-state index contributed by atoms with van der Waals surface area (Å²) in [6.45, 7) is 0.0549. The predicted octanol–water partition coefficient (Wildman–Crippen LogP) is -4.03. The molecule has 6 rings (SSSR count). The molecule has 1 aliphatic rings. The average molecular weight is 1370 g/mol. The Labute approximate surface area is 552 Å². The van der Waals surface area contributed by atoms with Crippen molar-refractivity contribution in [3.05, 3.63) is 138 Å². The zero-order chi connectivity index (χ0) is 71.1. The predicted molar refractivity (Wildman–Crippen MR) is 338 cm³/mol. The summed E-state index contributed by atoms with van der Waals surface area (Å²) in [5.74, 6) is -16.3. The van der Waals surface area contributed by atoms with E-state index in [2.05, 4.69) is 62.3 Å². The van der Waals surface area contributed by atoms with Gasteiger partial charge in [-0.1, -0.05) is 91.0 Å². The third-order valence-corrected chi connectivity index (χ3v) is 15.3. The number of para-hydroxylation sites is 1. The third kappa shape index (κ3) is 24.2. The van der Waals surface area contributed by atoms with Crippen LogP contribution in [0.3, 0.4) is 0 Å². The summed E-state index contributed by atoms with van der Waals surface area (Å²) in [7, 11) is -5.02. The van der Waals surface area contributed by atoms with Gasteiger partial charge in [0.05, 0.1) is 25.5 Å². The molecule has 5 aromatic rings. The number of rotatable bonds is 37. The molecule has 4 aromatic carbocycles. The number of nitrogens with two attached hydrogens (primary N) is 2. The van der Waals surface area contributed by atoms with Gasteiger partial charge in [0.2, 0.25) is 70.9 Å². The summed E-state index contributed by atoms with van der Waals surface area (Å²) in [6, 6.07) is 12.6. The van der Waals surface area contributed by atoms with E-state index in [1.165, 1.54) is 12.1 Å². The number of carboxylic acids is 2. The van der Waals surface area contributed by atoms with Crippen molar-refractivity contribution in [3.8, 4) is 5.75 Å².